The summed E-state index contributed by atoms with van der Waals surface area (Å²) in [6.07, 6.45) is 0.350. The third kappa shape index (κ3) is 3.35. The van der Waals surface area contributed by atoms with E-state index in [0.717, 1.165) is 16.8 Å². The van der Waals surface area contributed by atoms with Crippen molar-refractivity contribution < 1.29 is 14.3 Å². The van der Waals surface area contributed by atoms with Gasteiger partial charge in [-0.25, -0.2) is 9.59 Å². The summed E-state index contributed by atoms with van der Waals surface area (Å²) in [7, 11) is 1.72. The molecule has 27 heavy (non-hydrogen) atoms. The zero-order valence-electron chi connectivity index (χ0n) is 15.6. The van der Waals surface area contributed by atoms with Gasteiger partial charge in [0.1, 0.15) is 0 Å². The molecule has 0 unspecified atom stereocenters. The summed E-state index contributed by atoms with van der Waals surface area (Å²) in [6, 6.07) is 15.9. The van der Waals surface area contributed by atoms with E-state index in [4.69, 9.17) is 4.74 Å². The largest absolute Gasteiger partial charge is 0.439 e. The van der Waals surface area contributed by atoms with E-state index >= 15 is 0 Å². The smallest absolute Gasteiger partial charge is 0.410 e. The normalized spacial score (nSPS) is 21.6. The lowest BCUT2D eigenvalue weighted by Crippen LogP contribution is -2.40. The van der Waals surface area contributed by atoms with Crippen LogP contribution in [0.3, 0.4) is 0 Å². The number of urea groups is 1. The van der Waals surface area contributed by atoms with Gasteiger partial charge in [0.2, 0.25) is 0 Å². The van der Waals surface area contributed by atoms with Gasteiger partial charge in [0, 0.05) is 25.7 Å². The number of ether oxygens (including phenoxy) is 1. The first kappa shape index (κ1) is 17.4. The van der Waals surface area contributed by atoms with E-state index in [9.17, 15) is 9.59 Å². The van der Waals surface area contributed by atoms with Gasteiger partial charge in [0.15, 0.2) is 5.60 Å². The first-order valence-electron chi connectivity index (χ1n) is 9.12. The molecule has 1 atom stereocenters. The topological polar surface area (TPSA) is 61.9 Å². The second-order valence-electron chi connectivity index (χ2n) is 7.40. The zero-order valence-corrected chi connectivity index (χ0v) is 15.6. The number of hydrogen-bond donors (Lipinski definition) is 1. The van der Waals surface area contributed by atoms with Crippen LogP contribution >= 0.6 is 0 Å². The van der Waals surface area contributed by atoms with E-state index in [1.54, 1.807) is 16.8 Å². The summed E-state index contributed by atoms with van der Waals surface area (Å²) >= 11 is 0. The van der Waals surface area contributed by atoms with Crippen LogP contribution in [-0.4, -0.2) is 54.2 Å². The monoisotopic (exact) mass is 365 g/mol. The minimum Gasteiger partial charge on any atom is -0.439 e. The lowest BCUT2D eigenvalue weighted by Gasteiger charge is -2.22. The van der Waals surface area contributed by atoms with Crippen molar-refractivity contribution in [2.75, 3.05) is 32.0 Å². The average molecular weight is 365 g/mol. The summed E-state index contributed by atoms with van der Waals surface area (Å²) < 4.78 is 5.51. The van der Waals surface area contributed by atoms with Gasteiger partial charge >= 0.3 is 12.1 Å². The number of carbonyl (C=O) groups excluding carboxylic acids is 2. The van der Waals surface area contributed by atoms with Crippen molar-refractivity contribution in [2.45, 2.75) is 18.9 Å². The maximum absolute atomic E-state index is 12.7. The van der Waals surface area contributed by atoms with Gasteiger partial charge in [0.25, 0.3) is 0 Å². The highest BCUT2D eigenvalue weighted by Gasteiger charge is 2.49. The zero-order chi connectivity index (χ0) is 19.0. The van der Waals surface area contributed by atoms with Gasteiger partial charge in [-0.15, -0.1) is 0 Å². The highest BCUT2D eigenvalue weighted by molar-refractivity contribution is 5.90. The fourth-order valence-electron chi connectivity index (χ4n) is 3.89. The molecular weight excluding hydrogens is 342 g/mol. The third-order valence-electron chi connectivity index (χ3n) is 5.31. The minimum absolute atomic E-state index is 0.167. The van der Waals surface area contributed by atoms with Gasteiger partial charge in [-0.1, -0.05) is 36.4 Å². The van der Waals surface area contributed by atoms with E-state index in [1.807, 2.05) is 36.4 Å². The second-order valence-corrected chi connectivity index (χ2v) is 7.40. The lowest BCUT2D eigenvalue weighted by atomic mass is 10.0. The Bertz CT molecular complexity index is 898. The Morgan fingerprint density at radius 3 is 2.70 bits per heavy atom. The van der Waals surface area contributed by atoms with Gasteiger partial charge in [0.05, 0.1) is 13.1 Å². The molecule has 2 aliphatic rings. The maximum Gasteiger partial charge on any atom is 0.410 e. The molecule has 1 N–H and O–H groups in total. The third-order valence-corrected chi connectivity index (χ3v) is 5.31. The van der Waals surface area contributed by atoms with Crippen LogP contribution in [-0.2, 0) is 4.74 Å². The molecule has 0 bridgehead atoms. The molecule has 6 heteroatoms. The Morgan fingerprint density at radius 2 is 1.96 bits per heavy atom. The molecule has 140 valence electrons. The summed E-state index contributed by atoms with van der Waals surface area (Å²) in [5, 5.41) is 2.98. The molecule has 0 aromatic heterocycles. The minimum atomic E-state index is -0.563. The van der Waals surface area contributed by atoms with Crippen LogP contribution < -0.4 is 5.32 Å². The van der Waals surface area contributed by atoms with E-state index in [1.165, 1.54) is 5.56 Å². The molecule has 2 aromatic carbocycles. The quantitative estimate of drug-likeness (QED) is 0.882. The van der Waals surface area contributed by atoms with E-state index in [0.29, 0.717) is 26.1 Å². The van der Waals surface area contributed by atoms with Gasteiger partial charge < -0.3 is 19.9 Å². The molecule has 1 spiro atoms. The Kier molecular flexibility index (Phi) is 4.26. The average Bonchev–Trinajstić information content (AvgIpc) is 3.18. The number of aryl methyl sites for hydroxylation is 1. The van der Waals surface area contributed by atoms with Gasteiger partial charge in [-0.2, -0.15) is 0 Å². The first-order chi connectivity index (χ1) is 13.0. The van der Waals surface area contributed by atoms with Crippen LogP contribution in [0.1, 0.15) is 12.0 Å². The molecule has 0 aliphatic carbocycles. The van der Waals surface area contributed by atoms with Crippen LogP contribution in [0.4, 0.5) is 15.3 Å². The number of carbonyl (C=O) groups is 2. The number of anilines is 1. The van der Waals surface area contributed by atoms with Gasteiger partial charge in [-0.05, 0) is 35.7 Å². The van der Waals surface area contributed by atoms with Crippen molar-refractivity contribution in [1.29, 1.82) is 0 Å². The molecule has 2 aliphatic heterocycles. The van der Waals surface area contributed by atoms with Crippen molar-refractivity contribution in [2.24, 2.45) is 0 Å². The Hall–Kier alpha value is -3.02. The first-order valence-corrected chi connectivity index (χ1v) is 9.12. The Labute approximate surface area is 158 Å². The second kappa shape index (κ2) is 6.61. The molecule has 3 amide bonds. The molecule has 0 saturated carbocycles. The lowest BCUT2D eigenvalue weighted by molar-refractivity contribution is 0.0663. The van der Waals surface area contributed by atoms with E-state index in [2.05, 4.69) is 24.4 Å². The summed E-state index contributed by atoms with van der Waals surface area (Å²) in [4.78, 5) is 27.7. The van der Waals surface area contributed by atoms with Crippen molar-refractivity contribution in [3.05, 3.63) is 54.1 Å². The van der Waals surface area contributed by atoms with E-state index < -0.39 is 5.60 Å². The molecule has 2 fully saturated rings. The van der Waals surface area contributed by atoms with Crippen LogP contribution in [0, 0.1) is 6.92 Å². The summed E-state index contributed by atoms with van der Waals surface area (Å²) in [5.74, 6) is 0. The summed E-state index contributed by atoms with van der Waals surface area (Å²) in [6.45, 7) is 3.60. The van der Waals surface area contributed by atoms with Crippen molar-refractivity contribution in [1.82, 2.24) is 9.80 Å². The van der Waals surface area contributed by atoms with E-state index in [-0.39, 0.29) is 12.1 Å². The van der Waals surface area contributed by atoms with Crippen molar-refractivity contribution in [3.8, 4) is 11.1 Å². The number of rotatable bonds is 2. The Morgan fingerprint density at radius 1 is 1.15 bits per heavy atom. The summed E-state index contributed by atoms with van der Waals surface area (Å²) in [5.41, 5.74) is 3.59. The van der Waals surface area contributed by atoms with Crippen molar-refractivity contribution in [3.63, 3.8) is 0 Å². The maximum atomic E-state index is 12.7. The number of hydrogen-bond acceptors (Lipinski definition) is 3. The van der Waals surface area contributed by atoms with Crippen LogP contribution in [0.15, 0.2) is 48.5 Å². The van der Waals surface area contributed by atoms with Crippen LogP contribution in [0.25, 0.3) is 11.1 Å². The number of likely N-dealkylation sites (N-methyl/N-ethyl adjacent to an activating group) is 1. The SMILES string of the molecule is Cc1ccccc1-c1cccc(NC(=O)N2CC[C@]3(CN(C)C(=O)O3)C2)c1. The number of amides is 3. The van der Waals surface area contributed by atoms with Crippen LogP contribution in [0.2, 0.25) is 0 Å². The number of nitrogens with one attached hydrogen (secondary N) is 1. The predicted octanol–water partition coefficient (Wildman–Crippen LogP) is 3.72. The Balaban J connectivity index is 1.46. The number of likely N-dealkylation sites (tertiary alicyclic amines) is 1. The highest BCUT2D eigenvalue weighted by Crippen LogP contribution is 2.32. The molecule has 4 rings (SSSR count). The molecule has 2 heterocycles. The molecular formula is C21H23N3O3. The molecule has 2 aromatic rings. The molecule has 0 radical (unpaired) electrons. The van der Waals surface area contributed by atoms with Crippen LogP contribution in [0.5, 0.6) is 0 Å². The fraction of sp³-hybridized carbons (Fsp3) is 0.333. The van der Waals surface area contributed by atoms with Crippen molar-refractivity contribution >= 4 is 17.8 Å². The molecule has 2 saturated heterocycles. The number of nitrogens with zero attached hydrogens (tertiary/aromatic N) is 2. The molecule has 6 nitrogen and oxygen atoms in total. The highest BCUT2D eigenvalue weighted by atomic mass is 16.6. The predicted molar refractivity (Wildman–Crippen MR) is 104 cm³/mol. The fourth-order valence-corrected chi connectivity index (χ4v) is 3.89. The standard InChI is InChI=1S/C21H23N3O3/c1-15-6-3-4-9-18(15)16-7-5-8-17(12-16)22-19(25)24-11-10-21(14-24)13-23(2)20(26)27-21/h3-9,12H,10-11,13-14H2,1-2H3,(H,22,25)/t21-/m0/s1. The number of benzene rings is 2. The van der Waals surface area contributed by atoms with Gasteiger partial charge in [-0.3, -0.25) is 0 Å².